The Labute approximate surface area is 141 Å². The van der Waals surface area contributed by atoms with E-state index >= 15 is 0 Å². The van der Waals surface area contributed by atoms with Gasteiger partial charge in [-0.15, -0.1) is 0 Å². The molecule has 1 rings (SSSR count). The van der Waals surface area contributed by atoms with Gasteiger partial charge in [-0.3, -0.25) is 4.79 Å². The average molecular weight is 346 g/mol. The van der Waals surface area contributed by atoms with Crippen molar-refractivity contribution in [1.82, 2.24) is 5.32 Å². The van der Waals surface area contributed by atoms with Crippen LogP contribution >= 0.6 is 23.2 Å². The zero-order valence-corrected chi connectivity index (χ0v) is 14.7. The van der Waals surface area contributed by atoms with E-state index in [0.29, 0.717) is 22.0 Å². The first-order valence-electron chi connectivity index (χ1n) is 7.10. The fraction of sp³-hybridized carbons (Fsp3) is 0.500. The van der Waals surface area contributed by atoms with Gasteiger partial charge in [-0.1, -0.05) is 30.1 Å². The molecule has 0 fully saturated rings. The number of hydrogen-bond donors (Lipinski definition) is 1. The number of alkyl carbamates (subject to hydrolysis) is 1. The van der Waals surface area contributed by atoms with Gasteiger partial charge < -0.3 is 10.1 Å². The molecule has 0 aliphatic heterocycles. The largest absolute Gasteiger partial charge is 0.444 e. The van der Waals surface area contributed by atoms with Gasteiger partial charge in [-0.2, -0.15) is 0 Å². The molecule has 0 radical (unpaired) electrons. The minimum absolute atomic E-state index is 0.149. The quantitative estimate of drug-likeness (QED) is 0.774. The molecular weight excluding hydrogens is 325 g/mol. The third kappa shape index (κ3) is 6.24. The normalized spacial score (nSPS) is 12.6. The van der Waals surface area contributed by atoms with E-state index in [1.807, 2.05) is 6.92 Å². The van der Waals surface area contributed by atoms with Crippen LogP contribution in [0.2, 0.25) is 10.0 Å². The predicted molar refractivity (Wildman–Crippen MR) is 88.9 cm³/mol. The SMILES string of the molecule is CCC(CC(=O)c1ccc(Cl)cc1Cl)NC(=O)OC(C)(C)C. The van der Waals surface area contributed by atoms with Crippen molar-refractivity contribution in [3.05, 3.63) is 33.8 Å². The molecule has 0 aliphatic rings. The summed E-state index contributed by atoms with van der Waals surface area (Å²) >= 11 is 11.8. The van der Waals surface area contributed by atoms with E-state index < -0.39 is 11.7 Å². The summed E-state index contributed by atoms with van der Waals surface area (Å²) in [5.41, 5.74) is -0.179. The van der Waals surface area contributed by atoms with Crippen LogP contribution in [-0.2, 0) is 4.74 Å². The second-order valence-electron chi connectivity index (χ2n) is 6.00. The molecule has 0 aliphatic carbocycles. The highest BCUT2D eigenvalue weighted by atomic mass is 35.5. The highest BCUT2D eigenvalue weighted by Crippen LogP contribution is 2.23. The molecule has 0 saturated heterocycles. The first kappa shape index (κ1) is 18.8. The maximum absolute atomic E-state index is 12.3. The van der Waals surface area contributed by atoms with Crippen molar-refractivity contribution in [2.75, 3.05) is 0 Å². The summed E-state index contributed by atoms with van der Waals surface area (Å²) < 4.78 is 5.19. The summed E-state index contributed by atoms with van der Waals surface area (Å²) in [6.45, 7) is 7.24. The summed E-state index contributed by atoms with van der Waals surface area (Å²) in [4.78, 5) is 24.1. The minimum Gasteiger partial charge on any atom is -0.444 e. The van der Waals surface area contributed by atoms with E-state index in [4.69, 9.17) is 27.9 Å². The first-order chi connectivity index (χ1) is 10.1. The molecule has 122 valence electrons. The molecule has 1 aromatic rings. The molecule has 6 heteroatoms. The van der Waals surface area contributed by atoms with Crippen LogP contribution in [0.3, 0.4) is 0 Å². The van der Waals surface area contributed by atoms with Gasteiger partial charge in [0.15, 0.2) is 5.78 Å². The zero-order chi connectivity index (χ0) is 16.9. The molecule has 0 spiro atoms. The Morgan fingerprint density at radius 3 is 2.41 bits per heavy atom. The van der Waals surface area contributed by atoms with E-state index in [0.717, 1.165) is 0 Å². The number of hydrogen-bond acceptors (Lipinski definition) is 3. The van der Waals surface area contributed by atoms with Crippen LogP contribution in [0.1, 0.15) is 50.9 Å². The second kappa shape index (κ2) is 7.84. The van der Waals surface area contributed by atoms with Gasteiger partial charge in [-0.25, -0.2) is 4.79 Å². The van der Waals surface area contributed by atoms with Crippen molar-refractivity contribution in [3.8, 4) is 0 Å². The molecule has 0 aromatic heterocycles. The summed E-state index contributed by atoms with van der Waals surface area (Å²) in [6.07, 6.45) is 0.224. The molecule has 0 bridgehead atoms. The van der Waals surface area contributed by atoms with Crippen molar-refractivity contribution in [2.24, 2.45) is 0 Å². The van der Waals surface area contributed by atoms with E-state index in [2.05, 4.69) is 5.32 Å². The molecule has 1 unspecified atom stereocenters. The number of rotatable bonds is 5. The smallest absolute Gasteiger partial charge is 0.407 e. The maximum Gasteiger partial charge on any atom is 0.407 e. The lowest BCUT2D eigenvalue weighted by atomic mass is 10.0. The number of ketones is 1. The van der Waals surface area contributed by atoms with Gasteiger partial charge >= 0.3 is 6.09 Å². The fourth-order valence-corrected chi connectivity index (χ4v) is 2.33. The molecule has 1 N–H and O–H groups in total. The van der Waals surface area contributed by atoms with Crippen molar-refractivity contribution < 1.29 is 14.3 Å². The van der Waals surface area contributed by atoms with Crippen LogP contribution in [0.5, 0.6) is 0 Å². The molecule has 1 amide bonds. The lowest BCUT2D eigenvalue weighted by molar-refractivity contribution is 0.0500. The number of halogens is 2. The Balaban J connectivity index is 2.69. The molecule has 22 heavy (non-hydrogen) atoms. The Bertz CT molecular complexity index is 553. The second-order valence-corrected chi connectivity index (χ2v) is 6.85. The third-order valence-electron chi connectivity index (χ3n) is 2.88. The standard InChI is InChI=1S/C16H21Cl2NO3/c1-5-11(19-15(21)22-16(2,3)4)9-14(20)12-7-6-10(17)8-13(12)18/h6-8,11H,5,9H2,1-4H3,(H,19,21). The van der Waals surface area contributed by atoms with Crippen LogP contribution in [0.15, 0.2) is 18.2 Å². The Morgan fingerprint density at radius 2 is 1.91 bits per heavy atom. The first-order valence-corrected chi connectivity index (χ1v) is 7.85. The highest BCUT2D eigenvalue weighted by molar-refractivity contribution is 6.36. The zero-order valence-electron chi connectivity index (χ0n) is 13.2. The maximum atomic E-state index is 12.3. The predicted octanol–water partition coefficient (Wildman–Crippen LogP) is 4.87. The van der Waals surface area contributed by atoms with Crippen LogP contribution in [-0.4, -0.2) is 23.5 Å². The van der Waals surface area contributed by atoms with Crippen molar-refractivity contribution >= 4 is 35.1 Å². The summed E-state index contributed by atoms with van der Waals surface area (Å²) in [7, 11) is 0. The van der Waals surface area contributed by atoms with Crippen molar-refractivity contribution in [1.29, 1.82) is 0 Å². The monoisotopic (exact) mass is 345 g/mol. The molecule has 4 nitrogen and oxygen atoms in total. The number of benzene rings is 1. The number of nitrogens with one attached hydrogen (secondary N) is 1. The average Bonchev–Trinajstić information content (AvgIpc) is 2.35. The lowest BCUT2D eigenvalue weighted by Crippen LogP contribution is -2.39. The van der Waals surface area contributed by atoms with Gasteiger partial charge in [-0.05, 0) is 45.4 Å². The summed E-state index contributed by atoms with van der Waals surface area (Å²) in [5.74, 6) is -0.149. The van der Waals surface area contributed by atoms with Crippen molar-refractivity contribution in [2.45, 2.75) is 52.2 Å². The molecule has 0 saturated carbocycles. The number of Topliss-reactive ketones (excluding diaryl/α,β-unsaturated/α-hetero) is 1. The van der Waals surface area contributed by atoms with Crippen molar-refractivity contribution in [3.63, 3.8) is 0 Å². The topological polar surface area (TPSA) is 55.4 Å². The van der Waals surface area contributed by atoms with Gasteiger partial charge in [0.05, 0.1) is 5.02 Å². The van der Waals surface area contributed by atoms with Gasteiger partial charge in [0, 0.05) is 23.0 Å². The fourth-order valence-electron chi connectivity index (χ4n) is 1.82. The minimum atomic E-state index is -0.578. The molecule has 1 aromatic carbocycles. The highest BCUT2D eigenvalue weighted by Gasteiger charge is 2.21. The number of carbonyl (C=O) groups excluding carboxylic acids is 2. The third-order valence-corrected chi connectivity index (χ3v) is 3.42. The van der Waals surface area contributed by atoms with Crippen LogP contribution in [0.4, 0.5) is 4.79 Å². The van der Waals surface area contributed by atoms with Gasteiger partial charge in [0.1, 0.15) is 5.60 Å². The molecule has 0 heterocycles. The van der Waals surface area contributed by atoms with Crippen LogP contribution < -0.4 is 5.32 Å². The number of ether oxygens (including phenoxy) is 1. The Kier molecular flexibility index (Phi) is 6.69. The van der Waals surface area contributed by atoms with Crippen LogP contribution in [0, 0.1) is 0 Å². The summed E-state index contributed by atoms with van der Waals surface area (Å²) in [5, 5.41) is 3.49. The number of carbonyl (C=O) groups is 2. The number of amides is 1. The Morgan fingerprint density at radius 1 is 1.27 bits per heavy atom. The van der Waals surface area contributed by atoms with Gasteiger partial charge in [0.25, 0.3) is 0 Å². The molecule has 1 atom stereocenters. The summed E-state index contributed by atoms with van der Waals surface area (Å²) in [6, 6.07) is 4.42. The van der Waals surface area contributed by atoms with Crippen LogP contribution in [0.25, 0.3) is 0 Å². The van der Waals surface area contributed by atoms with E-state index in [1.54, 1.807) is 32.9 Å². The van der Waals surface area contributed by atoms with E-state index in [1.165, 1.54) is 6.07 Å². The van der Waals surface area contributed by atoms with E-state index in [-0.39, 0.29) is 18.2 Å². The van der Waals surface area contributed by atoms with Gasteiger partial charge in [0.2, 0.25) is 0 Å². The molecular formula is C16H21Cl2NO3. The van der Waals surface area contributed by atoms with E-state index in [9.17, 15) is 9.59 Å². The Hall–Kier alpha value is -1.26. The lowest BCUT2D eigenvalue weighted by Gasteiger charge is -2.23.